The summed E-state index contributed by atoms with van der Waals surface area (Å²) in [5.74, 6) is -0.733. The van der Waals surface area contributed by atoms with Gasteiger partial charge in [-0.25, -0.2) is 0 Å². The Morgan fingerprint density at radius 2 is 2.21 bits per heavy atom. The first kappa shape index (κ1) is 13.6. The van der Waals surface area contributed by atoms with Crippen molar-refractivity contribution in [3.05, 3.63) is 24.3 Å². The first-order chi connectivity index (χ1) is 8.90. The zero-order valence-corrected chi connectivity index (χ0v) is 9.90. The second-order valence-electron chi connectivity index (χ2n) is 3.76. The van der Waals surface area contributed by atoms with Crippen LogP contribution in [0.5, 0.6) is 5.75 Å². The normalized spacial score (nSPS) is 19.9. The maximum absolute atomic E-state index is 12.1. The number of halogens is 3. The molecule has 1 aliphatic rings. The van der Waals surface area contributed by atoms with Crippen LogP contribution in [0.4, 0.5) is 18.9 Å². The van der Waals surface area contributed by atoms with Crippen LogP contribution in [0.15, 0.2) is 24.3 Å². The molecule has 19 heavy (non-hydrogen) atoms. The average Bonchev–Trinajstić information content (AvgIpc) is 2.68. The Balaban J connectivity index is 2.25. The van der Waals surface area contributed by atoms with Gasteiger partial charge in [-0.3, -0.25) is 15.0 Å². The fourth-order valence-corrected chi connectivity index (χ4v) is 1.75. The third-order valence-electron chi connectivity index (χ3n) is 2.44. The summed E-state index contributed by atoms with van der Waals surface area (Å²) in [5.41, 5.74) is 0.267. The maximum Gasteiger partial charge on any atom is 0.573 e. The Hall–Kier alpha value is -1.80. The van der Waals surface area contributed by atoms with Gasteiger partial charge in [0.1, 0.15) is 12.4 Å². The SMILES string of the molecule is CNC1OCC(=O)N1c1cccc(OC(F)(F)F)c1. The first-order valence-electron chi connectivity index (χ1n) is 5.37. The highest BCUT2D eigenvalue weighted by Crippen LogP contribution is 2.28. The number of amides is 1. The third kappa shape index (κ3) is 3.15. The number of rotatable bonds is 3. The van der Waals surface area contributed by atoms with E-state index in [1.54, 1.807) is 7.05 Å². The molecule has 1 fully saturated rings. The maximum atomic E-state index is 12.1. The first-order valence-corrected chi connectivity index (χ1v) is 5.37. The molecule has 0 radical (unpaired) electrons. The van der Waals surface area contributed by atoms with Crippen LogP contribution < -0.4 is 15.0 Å². The van der Waals surface area contributed by atoms with E-state index in [9.17, 15) is 18.0 Å². The molecule has 1 heterocycles. The quantitative estimate of drug-likeness (QED) is 0.908. The van der Waals surface area contributed by atoms with Crippen molar-refractivity contribution in [2.24, 2.45) is 0 Å². The van der Waals surface area contributed by atoms with Gasteiger partial charge in [0, 0.05) is 6.07 Å². The Bertz CT molecular complexity index is 478. The van der Waals surface area contributed by atoms with Crippen LogP contribution in [0, 0.1) is 0 Å². The van der Waals surface area contributed by atoms with E-state index in [1.807, 2.05) is 0 Å². The van der Waals surface area contributed by atoms with Crippen molar-refractivity contribution in [3.63, 3.8) is 0 Å². The van der Waals surface area contributed by atoms with E-state index < -0.39 is 12.7 Å². The van der Waals surface area contributed by atoms with Gasteiger partial charge in [-0.1, -0.05) is 6.07 Å². The summed E-state index contributed by atoms with van der Waals surface area (Å²) in [6, 6.07) is 5.16. The van der Waals surface area contributed by atoms with Crippen LogP contribution in [-0.2, 0) is 9.53 Å². The molecule has 2 rings (SSSR count). The van der Waals surface area contributed by atoms with Crippen molar-refractivity contribution in [1.82, 2.24) is 5.32 Å². The minimum atomic E-state index is -4.77. The molecule has 1 amide bonds. The van der Waals surface area contributed by atoms with Gasteiger partial charge in [-0.15, -0.1) is 13.2 Å². The van der Waals surface area contributed by atoms with E-state index >= 15 is 0 Å². The van der Waals surface area contributed by atoms with Gasteiger partial charge in [0.25, 0.3) is 5.91 Å². The number of alkyl halides is 3. The van der Waals surface area contributed by atoms with Gasteiger partial charge in [0.2, 0.25) is 0 Å². The molecular formula is C11H11F3N2O3. The lowest BCUT2D eigenvalue weighted by molar-refractivity contribution is -0.274. The number of hydrogen-bond donors (Lipinski definition) is 1. The summed E-state index contributed by atoms with van der Waals surface area (Å²) in [4.78, 5) is 12.9. The lowest BCUT2D eigenvalue weighted by Crippen LogP contribution is -2.42. The van der Waals surface area contributed by atoms with E-state index in [4.69, 9.17) is 4.74 Å². The number of nitrogens with zero attached hydrogens (tertiary/aromatic N) is 1. The van der Waals surface area contributed by atoms with E-state index in [0.29, 0.717) is 0 Å². The van der Waals surface area contributed by atoms with E-state index in [1.165, 1.54) is 17.0 Å². The lowest BCUT2D eigenvalue weighted by atomic mass is 10.2. The Kier molecular flexibility index (Phi) is 3.63. The molecule has 1 saturated heterocycles. The Morgan fingerprint density at radius 1 is 1.47 bits per heavy atom. The average molecular weight is 276 g/mol. The number of carbonyl (C=O) groups is 1. The fraction of sp³-hybridized carbons (Fsp3) is 0.364. The van der Waals surface area contributed by atoms with E-state index in [0.717, 1.165) is 12.1 Å². The molecular weight excluding hydrogens is 265 g/mol. The van der Waals surface area contributed by atoms with Gasteiger partial charge < -0.3 is 9.47 Å². The van der Waals surface area contributed by atoms with Crippen molar-refractivity contribution in [3.8, 4) is 5.75 Å². The molecule has 0 bridgehead atoms. The van der Waals surface area contributed by atoms with Gasteiger partial charge in [0.15, 0.2) is 6.35 Å². The zero-order chi connectivity index (χ0) is 14.0. The summed E-state index contributed by atoms with van der Waals surface area (Å²) < 4.78 is 45.3. The summed E-state index contributed by atoms with van der Waals surface area (Å²) in [5, 5.41) is 2.73. The van der Waals surface area contributed by atoms with Crippen LogP contribution in [0.1, 0.15) is 0 Å². The molecule has 1 N–H and O–H groups in total. The van der Waals surface area contributed by atoms with Crippen LogP contribution >= 0.6 is 0 Å². The molecule has 0 saturated carbocycles. The topological polar surface area (TPSA) is 50.8 Å². The van der Waals surface area contributed by atoms with Crippen molar-refractivity contribution in [1.29, 1.82) is 0 Å². The van der Waals surface area contributed by atoms with Gasteiger partial charge in [-0.05, 0) is 19.2 Å². The molecule has 1 unspecified atom stereocenters. The molecule has 1 atom stereocenters. The molecule has 8 heteroatoms. The minimum Gasteiger partial charge on any atom is -0.406 e. The van der Waals surface area contributed by atoms with Gasteiger partial charge in [0.05, 0.1) is 5.69 Å². The van der Waals surface area contributed by atoms with Crippen molar-refractivity contribution in [2.45, 2.75) is 12.7 Å². The summed E-state index contributed by atoms with van der Waals surface area (Å²) >= 11 is 0. The monoisotopic (exact) mass is 276 g/mol. The largest absolute Gasteiger partial charge is 0.573 e. The third-order valence-corrected chi connectivity index (χ3v) is 2.44. The molecule has 104 valence electrons. The lowest BCUT2D eigenvalue weighted by Gasteiger charge is -2.23. The van der Waals surface area contributed by atoms with E-state index in [-0.39, 0.29) is 24.0 Å². The van der Waals surface area contributed by atoms with E-state index in [2.05, 4.69) is 10.1 Å². The van der Waals surface area contributed by atoms with Crippen LogP contribution in [0.2, 0.25) is 0 Å². The van der Waals surface area contributed by atoms with Crippen molar-refractivity contribution in [2.75, 3.05) is 18.6 Å². The molecule has 0 aromatic heterocycles. The molecule has 0 aliphatic carbocycles. The predicted octanol–water partition coefficient (Wildman–Crippen LogP) is 1.45. The highest BCUT2D eigenvalue weighted by Gasteiger charge is 2.34. The number of hydrogen-bond acceptors (Lipinski definition) is 4. The Labute approximate surface area is 106 Å². The zero-order valence-electron chi connectivity index (χ0n) is 9.90. The second-order valence-corrected chi connectivity index (χ2v) is 3.76. The molecule has 5 nitrogen and oxygen atoms in total. The second kappa shape index (κ2) is 5.06. The van der Waals surface area contributed by atoms with Crippen molar-refractivity contribution < 1.29 is 27.4 Å². The number of carbonyl (C=O) groups excluding carboxylic acids is 1. The summed E-state index contributed by atoms with van der Waals surface area (Å²) in [6.45, 7) is -0.129. The highest BCUT2D eigenvalue weighted by molar-refractivity contribution is 5.96. The Morgan fingerprint density at radius 3 is 2.84 bits per heavy atom. The van der Waals surface area contributed by atoms with Crippen LogP contribution in [0.3, 0.4) is 0 Å². The van der Waals surface area contributed by atoms with Crippen LogP contribution in [-0.4, -0.2) is 32.3 Å². The molecule has 1 aromatic rings. The number of benzene rings is 1. The van der Waals surface area contributed by atoms with Gasteiger partial charge in [-0.2, -0.15) is 0 Å². The number of ether oxygens (including phenoxy) is 2. The molecule has 0 spiro atoms. The summed E-state index contributed by atoms with van der Waals surface area (Å²) in [6.07, 6.45) is -5.47. The molecule has 1 aromatic carbocycles. The van der Waals surface area contributed by atoms with Gasteiger partial charge >= 0.3 is 6.36 Å². The minimum absolute atomic E-state index is 0.129. The van der Waals surface area contributed by atoms with Crippen LogP contribution in [0.25, 0.3) is 0 Å². The highest BCUT2D eigenvalue weighted by atomic mass is 19.4. The summed E-state index contributed by atoms with van der Waals surface area (Å²) in [7, 11) is 1.58. The standard InChI is InChI=1S/C11H11F3N2O3/c1-15-10-16(9(17)6-18-10)7-3-2-4-8(5-7)19-11(12,13)14/h2-5,10,15H,6H2,1H3. The number of nitrogens with one attached hydrogen (secondary N) is 1. The van der Waals surface area contributed by atoms with Crippen molar-refractivity contribution >= 4 is 11.6 Å². The number of anilines is 1. The smallest absolute Gasteiger partial charge is 0.406 e. The fourth-order valence-electron chi connectivity index (χ4n) is 1.75. The molecule has 1 aliphatic heterocycles. The predicted molar refractivity (Wildman–Crippen MR) is 59.4 cm³/mol.